The van der Waals surface area contributed by atoms with E-state index < -0.39 is 0 Å². The van der Waals surface area contributed by atoms with E-state index in [-0.39, 0.29) is 10.7 Å². The van der Waals surface area contributed by atoms with E-state index in [0.717, 1.165) is 31.8 Å². The Balaban J connectivity index is 2.46. The van der Waals surface area contributed by atoms with E-state index in [1.165, 1.54) is 0 Å². The summed E-state index contributed by atoms with van der Waals surface area (Å²) in [5.41, 5.74) is 0.384. The first-order valence-electron chi connectivity index (χ1n) is 5.75. The Morgan fingerprint density at radius 2 is 1.80 bits per heavy atom. The molecule has 3 heteroatoms. The first-order chi connectivity index (χ1) is 6.82. The predicted molar refractivity (Wildman–Crippen MR) is 67.1 cm³/mol. The Kier molecular flexibility index (Phi) is 4.21. The minimum atomic E-state index is -0.0383. The highest BCUT2D eigenvalue weighted by Gasteiger charge is 2.30. The quantitative estimate of drug-likeness (QED) is 0.674. The van der Waals surface area contributed by atoms with Gasteiger partial charge >= 0.3 is 0 Å². The SMILES string of the molecule is CC(Br)C(=O)N1CCC(C(C)(C)C)CC1. The number of piperidine rings is 1. The van der Waals surface area contributed by atoms with Gasteiger partial charge < -0.3 is 4.90 Å². The Hall–Kier alpha value is -0.0500. The topological polar surface area (TPSA) is 20.3 Å². The fourth-order valence-corrected chi connectivity index (χ4v) is 2.51. The molecule has 1 heterocycles. The Morgan fingerprint density at radius 3 is 2.13 bits per heavy atom. The van der Waals surface area contributed by atoms with Crippen LogP contribution in [-0.4, -0.2) is 28.7 Å². The molecule has 15 heavy (non-hydrogen) atoms. The van der Waals surface area contributed by atoms with E-state index in [9.17, 15) is 4.79 Å². The average Bonchev–Trinajstić information content (AvgIpc) is 2.15. The number of nitrogens with zero attached hydrogens (tertiary/aromatic N) is 1. The Bertz CT molecular complexity index is 224. The summed E-state index contributed by atoms with van der Waals surface area (Å²) >= 11 is 3.34. The fourth-order valence-electron chi connectivity index (χ4n) is 2.22. The van der Waals surface area contributed by atoms with Gasteiger partial charge in [0, 0.05) is 13.1 Å². The minimum absolute atomic E-state index is 0.0383. The maximum atomic E-state index is 11.7. The van der Waals surface area contributed by atoms with Gasteiger partial charge in [-0.1, -0.05) is 36.7 Å². The van der Waals surface area contributed by atoms with E-state index >= 15 is 0 Å². The molecule has 0 aromatic heterocycles. The highest BCUT2D eigenvalue weighted by molar-refractivity contribution is 9.10. The van der Waals surface area contributed by atoms with Gasteiger partial charge in [-0.25, -0.2) is 0 Å². The monoisotopic (exact) mass is 275 g/mol. The average molecular weight is 276 g/mol. The van der Waals surface area contributed by atoms with E-state index in [1.807, 2.05) is 11.8 Å². The molecule has 1 unspecified atom stereocenters. The summed E-state index contributed by atoms with van der Waals surface area (Å²) in [4.78, 5) is 13.7. The molecule has 0 aliphatic carbocycles. The Morgan fingerprint density at radius 1 is 1.33 bits per heavy atom. The van der Waals surface area contributed by atoms with Crippen molar-refractivity contribution in [2.24, 2.45) is 11.3 Å². The van der Waals surface area contributed by atoms with Crippen molar-refractivity contribution in [1.82, 2.24) is 4.90 Å². The van der Waals surface area contributed by atoms with Gasteiger partial charge in [-0.15, -0.1) is 0 Å². The van der Waals surface area contributed by atoms with Gasteiger partial charge in [0.05, 0.1) is 4.83 Å². The number of hydrogen-bond acceptors (Lipinski definition) is 1. The third kappa shape index (κ3) is 3.47. The molecule has 0 radical (unpaired) electrons. The summed E-state index contributed by atoms with van der Waals surface area (Å²) in [7, 11) is 0. The van der Waals surface area contributed by atoms with Crippen molar-refractivity contribution >= 4 is 21.8 Å². The Labute approximate surface area is 102 Å². The number of hydrogen-bond donors (Lipinski definition) is 0. The first-order valence-corrected chi connectivity index (χ1v) is 6.67. The molecule has 88 valence electrons. The van der Waals surface area contributed by atoms with Gasteiger partial charge in [0.25, 0.3) is 0 Å². The second-order valence-corrected chi connectivity index (χ2v) is 6.96. The third-order valence-electron chi connectivity index (χ3n) is 3.37. The van der Waals surface area contributed by atoms with Gasteiger partial charge in [-0.2, -0.15) is 0 Å². The minimum Gasteiger partial charge on any atom is -0.342 e. The van der Waals surface area contributed by atoms with Crippen molar-refractivity contribution < 1.29 is 4.79 Å². The summed E-state index contributed by atoms with van der Waals surface area (Å²) < 4.78 is 0. The summed E-state index contributed by atoms with van der Waals surface area (Å²) in [6.07, 6.45) is 2.30. The highest BCUT2D eigenvalue weighted by Crippen LogP contribution is 2.34. The van der Waals surface area contributed by atoms with Gasteiger partial charge in [-0.3, -0.25) is 4.79 Å². The van der Waals surface area contributed by atoms with Crippen LogP contribution < -0.4 is 0 Å². The first kappa shape index (κ1) is 13.0. The van der Waals surface area contributed by atoms with Crippen molar-refractivity contribution in [3.63, 3.8) is 0 Å². The van der Waals surface area contributed by atoms with Crippen molar-refractivity contribution in [3.05, 3.63) is 0 Å². The van der Waals surface area contributed by atoms with E-state index in [2.05, 4.69) is 36.7 Å². The molecule has 1 atom stereocenters. The van der Waals surface area contributed by atoms with Crippen LogP contribution in [-0.2, 0) is 4.79 Å². The molecule has 0 aromatic carbocycles. The smallest absolute Gasteiger partial charge is 0.236 e. The van der Waals surface area contributed by atoms with Gasteiger partial charge in [0.2, 0.25) is 5.91 Å². The van der Waals surface area contributed by atoms with Crippen LogP contribution in [0.3, 0.4) is 0 Å². The lowest BCUT2D eigenvalue weighted by molar-refractivity contribution is -0.132. The number of likely N-dealkylation sites (tertiary alicyclic amines) is 1. The van der Waals surface area contributed by atoms with Crippen molar-refractivity contribution in [2.45, 2.75) is 45.4 Å². The van der Waals surface area contributed by atoms with E-state index in [4.69, 9.17) is 0 Å². The van der Waals surface area contributed by atoms with Crippen LogP contribution in [0.1, 0.15) is 40.5 Å². The van der Waals surface area contributed by atoms with Crippen molar-refractivity contribution in [3.8, 4) is 0 Å². The molecule has 2 nitrogen and oxygen atoms in total. The number of rotatable bonds is 1. The lowest BCUT2D eigenvalue weighted by Crippen LogP contribution is -2.43. The van der Waals surface area contributed by atoms with Crippen molar-refractivity contribution in [2.75, 3.05) is 13.1 Å². The van der Waals surface area contributed by atoms with Crippen LogP contribution >= 0.6 is 15.9 Å². The molecule has 0 spiro atoms. The van der Waals surface area contributed by atoms with Crippen LogP contribution in [0.5, 0.6) is 0 Å². The van der Waals surface area contributed by atoms with Crippen LogP contribution in [0.4, 0.5) is 0 Å². The van der Waals surface area contributed by atoms with Gasteiger partial charge in [0.1, 0.15) is 0 Å². The molecule has 1 aliphatic rings. The molecule has 0 saturated carbocycles. The summed E-state index contributed by atoms with van der Waals surface area (Å²) in [6.45, 7) is 10.6. The molecule has 0 N–H and O–H groups in total. The second kappa shape index (κ2) is 4.86. The van der Waals surface area contributed by atoms with Crippen molar-refractivity contribution in [1.29, 1.82) is 0 Å². The van der Waals surface area contributed by atoms with Crippen LogP contribution in [0.25, 0.3) is 0 Å². The zero-order valence-corrected chi connectivity index (χ0v) is 11.8. The number of carbonyl (C=O) groups excluding carboxylic acids is 1. The second-order valence-electron chi connectivity index (χ2n) is 5.58. The van der Waals surface area contributed by atoms with Crippen LogP contribution in [0, 0.1) is 11.3 Å². The summed E-state index contributed by atoms with van der Waals surface area (Å²) in [5, 5.41) is 0. The number of amides is 1. The maximum absolute atomic E-state index is 11.7. The number of alkyl halides is 1. The molecule has 1 saturated heterocycles. The molecule has 1 aliphatic heterocycles. The zero-order chi connectivity index (χ0) is 11.6. The molecule has 0 bridgehead atoms. The molecule has 0 aromatic rings. The van der Waals surface area contributed by atoms with E-state index in [1.54, 1.807) is 0 Å². The normalized spacial score (nSPS) is 21.5. The molecule has 1 fully saturated rings. The zero-order valence-electron chi connectivity index (χ0n) is 10.2. The predicted octanol–water partition coefficient (Wildman–Crippen LogP) is 3.05. The number of halogens is 1. The maximum Gasteiger partial charge on any atom is 0.236 e. The van der Waals surface area contributed by atoms with Crippen LogP contribution in [0.2, 0.25) is 0 Å². The highest BCUT2D eigenvalue weighted by atomic mass is 79.9. The van der Waals surface area contributed by atoms with Gasteiger partial charge in [0.15, 0.2) is 0 Å². The van der Waals surface area contributed by atoms with E-state index in [0.29, 0.717) is 5.41 Å². The summed E-state index contributed by atoms with van der Waals surface area (Å²) in [6, 6.07) is 0. The molecular weight excluding hydrogens is 254 g/mol. The molecular formula is C12H22BrNO. The lowest BCUT2D eigenvalue weighted by atomic mass is 9.75. The summed E-state index contributed by atoms with van der Waals surface area (Å²) in [5.74, 6) is 0.995. The van der Waals surface area contributed by atoms with Gasteiger partial charge in [-0.05, 0) is 31.1 Å². The standard InChI is InChI=1S/C12H22BrNO/c1-9(13)11(15)14-7-5-10(6-8-14)12(2,3)4/h9-10H,5-8H2,1-4H3. The van der Waals surface area contributed by atoms with Crippen LogP contribution in [0.15, 0.2) is 0 Å². The third-order valence-corrected chi connectivity index (χ3v) is 3.76. The molecule has 1 amide bonds. The largest absolute Gasteiger partial charge is 0.342 e. The fraction of sp³-hybridized carbons (Fsp3) is 0.917. The lowest BCUT2D eigenvalue weighted by Gasteiger charge is -2.39. The molecule has 1 rings (SSSR count). The number of carbonyl (C=O) groups is 1.